The second-order valence-corrected chi connectivity index (χ2v) is 7.29. The number of primary amides is 1. The average molecular weight is 408 g/mol. The number of amides is 2. The molecule has 148 valence electrons. The predicted octanol–water partition coefficient (Wildman–Crippen LogP) is 4.82. The minimum atomic E-state index is -0.527. The third-order valence-corrected chi connectivity index (χ3v) is 4.86. The van der Waals surface area contributed by atoms with Crippen molar-refractivity contribution in [1.82, 2.24) is 0 Å². The van der Waals surface area contributed by atoms with Crippen LogP contribution >= 0.6 is 11.6 Å². The fourth-order valence-corrected chi connectivity index (χ4v) is 3.29. The minimum absolute atomic E-state index is 0.0219. The summed E-state index contributed by atoms with van der Waals surface area (Å²) in [5, 5.41) is 8.73. The van der Waals surface area contributed by atoms with Crippen LogP contribution < -0.4 is 10.7 Å². The number of anilines is 1. The first-order valence-corrected chi connectivity index (χ1v) is 9.65. The van der Waals surface area contributed by atoms with E-state index in [1.807, 2.05) is 56.3 Å². The summed E-state index contributed by atoms with van der Waals surface area (Å²) in [4.78, 5) is 24.0. The molecule has 2 N–H and O–H groups in total. The van der Waals surface area contributed by atoms with Crippen LogP contribution in [0.5, 0.6) is 0 Å². The van der Waals surface area contributed by atoms with Gasteiger partial charge in [-0.05, 0) is 60.0 Å². The second-order valence-electron chi connectivity index (χ2n) is 6.85. The fourth-order valence-electron chi connectivity index (χ4n) is 3.06. The molecule has 0 atom stereocenters. The molecule has 2 amide bonds. The van der Waals surface area contributed by atoms with Crippen LogP contribution in [0.2, 0.25) is 5.02 Å². The normalized spacial score (nSPS) is 11.5. The summed E-state index contributed by atoms with van der Waals surface area (Å²) in [7, 11) is 0. The van der Waals surface area contributed by atoms with Crippen molar-refractivity contribution in [1.29, 1.82) is 0 Å². The molecule has 0 spiro atoms. The van der Waals surface area contributed by atoms with Gasteiger partial charge in [0.15, 0.2) is 0 Å². The van der Waals surface area contributed by atoms with E-state index in [1.54, 1.807) is 18.2 Å². The Morgan fingerprint density at radius 1 is 1.00 bits per heavy atom. The molecule has 0 bridgehead atoms. The van der Waals surface area contributed by atoms with Gasteiger partial charge in [0, 0.05) is 17.9 Å². The highest BCUT2D eigenvalue weighted by atomic mass is 35.5. The van der Waals surface area contributed by atoms with Crippen molar-refractivity contribution in [3.8, 4) is 0 Å². The Bertz CT molecular complexity index is 1110. The first kappa shape index (κ1) is 20.6. The summed E-state index contributed by atoms with van der Waals surface area (Å²) in [6.07, 6.45) is -0.0571. The molecule has 3 aromatic rings. The molecule has 0 fully saturated rings. The molecule has 3 aromatic carbocycles. The van der Waals surface area contributed by atoms with Gasteiger partial charge in [0.25, 0.3) is 0 Å². The van der Waals surface area contributed by atoms with Crippen molar-refractivity contribution in [3.05, 3.63) is 76.8 Å². The van der Waals surface area contributed by atoms with Crippen LogP contribution in [0.15, 0.2) is 65.8 Å². The topological polar surface area (TPSA) is 75.8 Å². The minimum Gasteiger partial charge on any atom is -0.370 e. The lowest BCUT2D eigenvalue weighted by Crippen LogP contribution is -2.28. The number of carbonyl (C=O) groups excluding carboxylic acids is 2. The molecule has 0 unspecified atom stereocenters. The van der Waals surface area contributed by atoms with Crippen LogP contribution in [-0.4, -0.2) is 17.5 Å². The van der Waals surface area contributed by atoms with Crippen LogP contribution in [0.3, 0.4) is 0 Å². The molecular formula is C23H22ClN3O2. The molecule has 0 saturated carbocycles. The van der Waals surface area contributed by atoms with E-state index in [2.05, 4.69) is 5.10 Å². The largest absolute Gasteiger partial charge is 0.370 e. The van der Waals surface area contributed by atoms with Gasteiger partial charge in [-0.2, -0.15) is 5.10 Å². The third-order valence-electron chi connectivity index (χ3n) is 4.63. The number of hydrogen-bond acceptors (Lipinski definition) is 3. The monoisotopic (exact) mass is 407 g/mol. The zero-order chi connectivity index (χ0) is 21.0. The number of hydrazone groups is 1. The first-order chi connectivity index (χ1) is 13.8. The van der Waals surface area contributed by atoms with Crippen LogP contribution in [-0.2, 0) is 9.59 Å². The number of aryl methyl sites for hydroxylation is 1. The quantitative estimate of drug-likeness (QED) is 0.469. The highest BCUT2D eigenvalue weighted by Gasteiger charge is 2.19. The molecule has 0 aliphatic carbocycles. The summed E-state index contributed by atoms with van der Waals surface area (Å²) in [6.45, 7) is 3.71. The van der Waals surface area contributed by atoms with Crippen molar-refractivity contribution in [2.24, 2.45) is 10.8 Å². The molecule has 0 aliphatic heterocycles. The lowest BCUT2D eigenvalue weighted by atomic mass is 10.0. The molecule has 5 nitrogen and oxygen atoms in total. The van der Waals surface area contributed by atoms with E-state index in [9.17, 15) is 9.59 Å². The van der Waals surface area contributed by atoms with E-state index in [0.29, 0.717) is 16.4 Å². The molecule has 0 aliphatic rings. The maximum atomic E-state index is 12.8. The number of hydrogen-bond donors (Lipinski definition) is 1. The first-order valence-electron chi connectivity index (χ1n) is 9.27. The van der Waals surface area contributed by atoms with E-state index < -0.39 is 5.91 Å². The van der Waals surface area contributed by atoms with Gasteiger partial charge in [-0.25, -0.2) is 5.01 Å². The number of benzene rings is 3. The lowest BCUT2D eigenvalue weighted by molar-refractivity contribution is -0.123. The summed E-state index contributed by atoms with van der Waals surface area (Å²) in [5.41, 5.74) is 8.22. The Labute approximate surface area is 174 Å². The maximum Gasteiger partial charge on any atom is 0.247 e. The van der Waals surface area contributed by atoms with Crippen LogP contribution in [0, 0.1) is 6.92 Å². The van der Waals surface area contributed by atoms with Crippen molar-refractivity contribution in [2.75, 3.05) is 5.01 Å². The number of rotatable bonds is 6. The van der Waals surface area contributed by atoms with Crippen molar-refractivity contribution in [3.63, 3.8) is 0 Å². The van der Waals surface area contributed by atoms with E-state index in [4.69, 9.17) is 17.3 Å². The van der Waals surface area contributed by atoms with Crippen molar-refractivity contribution >= 4 is 45.6 Å². The highest BCUT2D eigenvalue weighted by Crippen LogP contribution is 2.26. The van der Waals surface area contributed by atoms with Gasteiger partial charge in [-0.15, -0.1) is 0 Å². The van der Waals surface area contributed by atoms with E-state index >= 15 is 0 Å². The van der Waals surface area contributed by atoms with Gasteiger partial charge in [-0.1, -0.05) is 48.0 Å². The van der Waals surface area contributed by atoms with Crippen LogP contribution in [0.1, 0.15) is 30.9 Å². The molecule has 0 radical (unpaired) electrons. The average Bonchev–Trinajstić information content (AvgIpc) is 2.70. The Kier molecular flexibility index (Phi) is 6.29. The smallest absolute Gasteiger partial charge is 0.247 e. The van der Waals surface area contributed by atoms with Crippen LogP contribution in [0.25, 0.3) is 10.8 Å². The highest BCUT2D eigenvalue weighted by molar-refractivity contribution is 6.30. The van der Waals surface area contributed by atoms with Gasteiger partial charge in [0.2, 0.25) is 11.8 Å². The van der Waals surface area contributed by atoms with Crippen molar-refractivity contribution in [2.45, 2.75) is 26.7 Å². The van der Waals surface area contributed by atoms with Gasteiger partial charge in [0.05, 0.1) is 11.4 Å². The standard InChI is InChI=1S/C23H22ClN3O2/c1-15-13-20(24)9-10-21(15)27(23(29)12-11-22(25)28)26-16(2)18-8-7-17-5-3-4-6-19(17)14-18/h3-10,13-14H,11-12H2,1-2H3,(H2,25,28)/b26-16+. The number of halogens is 1. The van der Waals surface area contributed by atoms with Gasteiger partial charge >= 0.3 is 0 Å². The van der Waals surface area contributed by atoms with Gasteiger partial charge in [-0.3, -0.25) is 9.59 Å². The zero-order valence-corrected chi connectivity index (χ0v) is 17.1. The van der Waals surface area contributed by atoms with Gasteiger partial charge < -0.3 is 5.73 Å². The SMILES string of the molecule is C/C(=N\N(C(=O)CCC(N)=O)c1ccc(Cl)cc1C)c1ccc2ccccc2c1. The van der Waals surface area contributed by atoms with E-state index in [-0.39, 0.29) is 18.7 Å². The second kappa shape index (κ2) is 8.88. The summed E-state index contributed by atoms with van der Waals surface area (Å²) < 4.78 is 0. The number of fused-ring (bicyclic) bond motifs is 1. The molecule has 0 aromatic heterocycles. The molecule has 0 heterocycles. The van der Waals surface area contributed by atoms with Crippen LogP contribution in [0.4, 0.5) is 5.69 Å². The van der Waals surface area contributed by atoms with Crippen molar-refractivity contribution < 1.29 is 9.59 Å². The molecule has 3 rings (SSSR count). The Morgan fingerprint density at radius 2 is 1.72 bits per heavy atom. The fraction of sp³-hybridized carbons (Fsp3) is 0.174. The lowest BCUT2D eigenvalue weighted by Gasteiger charge is -2.20. The summed E-state index contributed by atoms with van der Waals surface area (Å²) in [5.74, 6) is -0.837. The van der Waals surface area contributed by atoms with Gasteiger partial charge in [0.1, 0.15) is 0 Å². The zero-order valence-electron chi connectivity index (χ0n) is 16.4. The molecule has 29 heavy (non-hydrogen) atoms. The Morgan fingerprint density at radius 3 is 2.41 bits per heavy atom. The van der Waals surface area contributed by atoms with E-state index in [0.717, 1.165) is 21.9 Å². The maximum absolute atomic E-state index is 12.8. The summed E-state index contributed by atoms with van der Waals surface area (Å²) in [6, 6.07) is 19.3. The Hall–Kier alpha value is -3.18. The number of carbonyl (C=O) groups is 2. The molecular weight excluding hydrogens is 386 g/mol. The van der Waals surface area contributed by atoms with E-state index in [1.165, 1.54) is 5.01 Å². The Balaban J connectivity index is 2.01. The number of nitrogens with zero attached hydrogens (tertiary/aromatic N) is 2. The summed E-state index contributed by atoms with van der Waals surface area (Å²) >= 11 is 6.06. The number of nitrogens with two attached hydrogens (primary N) is 1. The third kappa shape index (κ3) is 5.00. The predicted molar refractivity (Wildman–Crippen MR) is 118 cm³/mol. The molecule has 0 saturated heterocycles. The molecule has 6 heteroatoms.